The van der Waals surface area contributed by atoms with Crippen LogP contribution in [0.25, 0.3) is 0 Å². The Morgan fingerprint density at radius 2 is 1.92 bits per heavy atom. The fraction of sp³-hybridized carbons (Fsp3) is 0.368. The lowest BCUT2D eigenvalue weighted by molar-refractivity contribution is -0.127. The van der Waals surface area contributed by atoms with Gasteiger partial charge in [0.1, 0.15) is 18.9 Å². The van der Waals surface area contributed by atoms with Crippen molar-refractivity contribution in [3.63, 3.8) is 0 Å². The van der Waals surface area contributed by atoms with E-state index in [0.29, 0.717) is 25.7 Å². The molecule has 0 saturated carbocycles. The minimum Gasteiger partial charge on any atom is -0.492 e. The molecule has 26 heavy (non-hydrogen) atoms. The Bertz CT molecular complexity index is 687. The number of para-hydroxylation sites is 1. The molecule has 7 heteroatoms. The van der Waals surface area contributed by atoms with Crippen LogP contribution in [0, 0.1) is 0 Å². The zero-order valence-corrected chi connectivity index (χ0v) is 16.3. The summed E-state index contributed by atoms with van der Waals surface area (Å²) in [4.78, 5) is 21.0. The molecule has 0 aliphatic carbocycles. The van der Waals surface area contributed by atoms with Crippen molar-refractivity contribution in [2.24, 2.45) is 4.99 Å². The number of likely N-dealkylation sites (N-methyl/N-ethyl adjacent to an activating group) is 2. The Labute approximate surface area is 159 Å². The number of amides is 1. The molecule has 0 radical (unpaired) electrons. The quantitative estimate of drug-likeness (QED) is 0.569. The topological polar surface area (TPSA) is 57.2 Å². The van der Waals surface area contributed by atoms with E-state index in [-0.39, 0.29) is 12.5 Å². The number of guanidine groups is 1. The smallest absolute Gasteiger partial charge is 0.243 e. The van der Waals surface area contributed by atoms with Gasteiger partial charge in [0.25, 0.3) is 0 Å². The second-order valence-electron chi connectivity index (χ2n) is 5.94. The lowest BCUT2D eigenvalue weighted by atomic mass is 10.3. The van der Waals surface area contributed by atoms with Gasteiger partial charge in [-0.05, 0) is 23.6 Å². The number of ether oxygens (including phenoxy) is 1. The van der Waals surface area contributed by atoms with Gasteiger partial charge in [0.2, 0.25) is 5.91 Å². The lowest BCUT2D eigenvalue weighted by Crippen LogP contribution is -2.41. The van der Waals surface area contributed by atoms with Gasteiger partial charge in [0, 0.05) is 26.0 Å². The summed E-state index contributed by atoms with van der Waals surface area (Å²) in [6.07, 6.45) is 0. The highest BCUT2D eigenvalue weighted by molar-refractivity contribution is 7.09. The molecule has 0 atom stereocenters. The maximum atomic E-state index is 11.9. The van der Waals surface area contributed by atoms with Gasteiger partial charge < -0.3 is 19.9 Å². The number of rotatable bonds is 8. The van der Waals surface area contributed by atoms with Gasteiger partial charge in [0.05, 0.1) is 13.1 Å². The number of hydrogen-bond donors (Lipinski definition) is 1. The first kappa shape index (κ1) is 19.8. The second-order valence-corrected chi connectivity index (χ2v) is 6.98. The third-order valence-corrected chi connectivity index (χ3v) is 4.54. The van der Waals surface area contributed by atoms with Crippen molar-refractivity contribution in [3.8, 4) is 5.75 Å². The largest absolute Gasteiger partial charge is 0.492 e. The SMILES string of the molecule is CN(C)C(=O)CN=C(NCc1cccs1)N(C)CCOc1ccccc1. The number of carbonyl (C=O) groups is 1. The molecule has 0 fully saturated rings. The maximum absolute atomic E-state index is 11.9. The molecule has 140 valence electrons. The monoisotopic (exact) mass is 374 g/mol. The molecule has 2 rings (SSSR count). The van der Waals surface area contributed by atoms with Crippen molar-refractivity contribution in [3.05, 3.63) is 52.7 Å². The van der Waals surface area contributed by atoms with Crippen LogP contribution in [-0.2, 0) is 11.3 Å². The Morgan fingerprint density at radius 3 is 2.58 bits per heavy atom. The van der Waals surface area contributed by atoms with Crippen LogP contribution in [-0.4, -0.2) is 62.5 Å². The average Bonchev–Trinajstić information content (AvgIpc) is 3.15. The third-order valence-electron chi connectivity index (χ3n) is 3.66. The molecular weight excluding hydrogens is 348 g/mol. The van der Waals surface area contributed by atoms with Crippen molar-refractivity contribution in [1.82, 2.24) is 15.1 Å². The zero-order valence-electron chi connectivity index (χ0n) is 15.5. The molecule has 0 bridgehead atoms. The van der Waals surface area contributed by atoms with E-state index >= 15 is 0 Å². The highest BCUT2D eigenvalue weighted by Crippen LogP contribution is 2.09. The fourth-order valence-corrected chi connectivity index (χ4v) is 2.74. The van der Waals surface area contributed by atoms with Crippen molar-refractivity contribution in [2.45, 2.75) is 6.54 Å². The molecule has 1 aromatic heterocycles. The van der Waals surface area contributed by atoms with Crippen LogP contribution in [0.3, 0.4) is 0 Å². The molecule has 1 N–H and O–H groups in total. The molecule has 0 spiro atoms. The number of carbonyl (C=O) groups excluding carboxylic acids is 1. The molecule has 1 heterocycles. The van der Waals surface area contributed by atoms with Crippen LogP contribution >= 0.6 is 11.3 Å². The molecular formula is C19H26N4O2S. The van der Waals surface area contributed by atoms with Crippen LogP contribution in [0.4, 0.5) is 0 Å². The third kappa shape index (κ3) is 6.76. The van der Waals surface area contributed by atoms with E-state index in [2.05, 4.69) is 16.4 Å². The normalized spacial score (nSPS) is 11.1. The van der Waals surface area contributed by atoms with E-state index in [4.69, 9.17) is 4.74 Å². The van der Waals surface area contributed by atoms with Gasteiger partial charge in [-0.15, -0.1) is 11.3 Å². The highest BCUT2D eigenvalue weighted by atomic mass is 32.1. The van der Waals surface area contributed by atoms with Crippen LogP contribution in [0.1, 0.15) is 4.88 Å². The average molecular weight is 375 g/mol. The Morgan fingerprint density at radius 1 is 1.15 bits per heavy atom. The number of nitrogens with one attached hydrogen (secondary N) is 1. The minimum atomic E-state index is -0.0330. The van der Waals surface area contributed by atoms with E-state index in [1.165, 1.54) is 4.88 Å². The Kier molecular flexibility index (Phi) is 7.95. The molecule has 0 unspecified atom stereocenters. The number of hydrogen-bond acceptors (Lipinski definition) is 4. The van der Waals surface area contributed by atoms with Crippen molar-refractivity contribution in [1.29, 1.82) is 0 Å². The summed E-state index contributed by atoms with van der Waals surface area (Å²) >= 11 is 1.69. The summed E-state index contributed by atoms with van der Waals surface area (Å²) < 4.78 is 5.74. The van der Waals surface area contributed by atoms with E-state index in [1.807, 2.05) is 53.7 Å². The Balaban J connectivity index is 1.91. The summed E-state index contributed by atoms with van der Waals surface area (Å²) in [5.41, 5.74) is 0. The van der Waals surface area contributed by atoms with Crippen LogP contribution in [0.5, 0.6) is 5.75 Å². The van der Waals surface area contributed by atoms with E-state index in [0.717, 1.165) is 5.75 Å². The second kappa shape index (κ2) is 10.5. The van der Waals surface area contributed by atoms with E-state index in [1.54, 1.807) is 30.3 Å². The fourth-order valence-electron chi connectivity index (χ4n) is 2.10. The molecule has 2 aromatic rings. The molecule has 0 aliphatic heterocycles. The van der Waals surface area contributed by atoms with Gasteiger partial charge in [0.15, 0.2) is 5.96 Å². The lowest BCUT2D eigenvalue weighted by Gasteiger charge is -2.22. The van der Waals surface area contributed by atoms with Crippen LogP contribution in [0.15, 0.2) is 52.8 Å². The van der Waals surface area contributed by atoms with Crippen molar-refractivity contribution < 1.29 is 9.53 Å². The zero-order chi connectivity index (χ0) is 18.8. The summed E-state index contributed by atoms with van der Waals surface area (Å²) in [6.45, 7) is 1.98. The summed E-state index contributed by atoms with van der Waals surface area (Å²) in [7, 11) is 5.40. The number of nitrogens with zero attached hydrogens (tertiary/aromatic N) is 3. The van der Waals surface area contributed by atoms with Crippen LogP contribution < -0.4 is 10.1 Å². The van der Waals surface area contributed by atoms with Crippen LogP contribution in [0.2, 0.25) is 0 Å². The van der Waals surface area contributed by atoms with Gasteiger partial charge in [-0.1, -0.05) is 24.3 Å². The first-order valence-corrected chi connectivity index (χ1v) is 9.34. The standard InChI is InChI=1S/C19H26N4O2S/c1-22(2)18(24)15-21-19(20-14-17-10-7-13-26-17)23(3)11-12-25-16-8-5-4-6-9-16/h4-10,13H,11-12,14-15H2,1-3H3,(H,20,21). The summed E-state index contributed by atoms with van der Waals surface area (Å²) in [5.74, 6) is 1.49. The summed E-state index contributed by atoms with van der Waals surface area (Å²) in [5, 5.41) is 5.37. The Hall–Kier alpha value is -2.54. The highest BCUT2D eigenvalue weighted by Gasteiger charge is 2.09. The first-order valence-electron chi connectivity index (χ1n) is 8.46. The van der Waals surface area contributed by atoms with Gasteiger partial charge in [-0.25, -0.2) is 4.99 Å². The van der Waals surface area contributed by atoms with Crippen molar-refractivity contribution >= 4 is 23.2 Å². The van der Waals surface area contributed by atoms with Gasteiger partial charge in [-0.3, -0.25) is 4.79 Å². The predicted octanol–water partition coefficient (Wildman–Crippen LogP) is 2.29. The van der Waals surface area contributed by atoms with Crippen molar-refractivity contribution in [2.75, 3.05) is 40.8 Å². The molecule has 6 nitrogen and oxygen atoms in total. The molecule has 0 aliphatic rings. The minimum absolute atomic E-state index is 0.0330. The molecule has 1 aromatic carbocycles. The van der Waals surface area contributed by atoms with Gasteiger partial charge >= 0.3 is 0 Å². The molecule has 1 amide bonds. The van der Waals surface area contributed by atoms with E-state index < -0.39 is 0 Å². The number of thiophene rings is 1. The first-order chi connectivity index (χ1) is 12.6. The van der Waals surface area contributed by atoms with Gasteiger partial charge in [-0.2, -0.15) is 0 Å². The predicted molar refractivity (Wildman–Crippen MR) is 107 cm³/mol. The maximum Gasteiger partial charge on any atom is 0.243 e. The molecule has 0 saturated heterocycles. The summed E-state index contributed by atoms with van der Waals surface area (Å²) in [6, 6.07) is 13.8. The number of benzene rings is 1. The number of aliphatic imine (C=N–C) groups is 1. The van der Waals surface area contributed by atoms with E-state index in [9.17, 15) is 4.79 Å².